The lowest BCUT2D eigenvalue weighted by Gasteiger charge is -2.19. The zero-order valence-electron chi connectivity index (χ0n) is 7.48. The van der Waals surface area contributed by atoms with Crippen LogP contribution < -0.4 is 5.73 Å². The number of esters is 1. The Morgan fingerprint density at radius 1 is 1.69 bits per heavy atom. The molecule has 0 radical (unpaired) electrons. The molecule has 0 fully saturated rings. The number of hydrogen-bond donors (Lipinski definition) is 2. The first kappa shape index (κ1) is 10.2. The van der Waals surface area contributed by atoms with Gasteiger partial charge < -0.3 is 15.6 Å². The average Bonchev–Trinajstić information content (AvgIpc) is 2.18. The van der Waals surface area contributed by atoms with Crippen LogP contribution in [-0.4, -0.2) is 29.8 Å². The first-order chi connectivity index (χ1) is 6.24. The van der Waals surface area contributed by atoms with Crippen LogP contribution in [0, 0.1) is 0 Å². The summed E-state index contributed by atoms with van der Waals surface area (Å²) >= 11 is 0. The van der Waals surface area contributed by atoms with E-state index >= 15 is 0 Å². The molecule has 0 saturated carbocycles. The highest BCUT2D eigenvalue weighted by atomic mass is 16.5. The van der Waals surface area contributed by atoms with Gasteiger partial charge in [0.15, 0.2) is 0 Å². The summed E-state index contributed by atoms with van der Waals surface area (Å²) in [6, 6.07) is -0.897. The standard InChI is InChI=1S/C9H15NO3/c10-8(6-11)9(12)13-7-4-2-1-3-5-7/h1-2,7-8,11H,3-6,10H2/t7?,8-/m0/s1. The zero-order chi connectivity index (χ0) is 9.68. The lowest BCUT2D eigenvalue weighted by Crippen LogP contribution is -2.37. The van der Waals surface area contributed by atoms with Gasteiger partial charge in [0.1, 0.15) is 12.1 Å². The molecule has 13 heavy (non-hydrogen) atoms. The summed E-state index contributed by atoms with van der Waals surface area (Å²) in [7, 11) is 0. The molecule has 3 N–H and O–H groups in total. The SMILES string of the molecule is N[C@@H](CO)C(=O)OC1CC=CCC1. The van der Waals surface area contributed by atoms with E-state index in [0.29, 0.717) is 0 Å². The molecule has 1 aliphatic carbocycles. The van der Waals surface area contributed by atoms with Gasteiger partial charge in [0, 0.05) is 6.42 Å². The van der Waals surface area contributed by atoms with Crippen LogP contribution in [0.15, 0.2) is 12.2 Å². The number of nitrogens with two attached hydrogens (primary N) is 1. The molecule has 74 valence electrons. The van der Waals surface area contributed by atoms with Gasteiger partial charge in [0.05, 0.1) is 6.61 Å². The topological polar surface area (TPSA) is 72.5 Å². The molecule has 0 aliphatic heterocycles. The van der Waals surface area contributed by atoms with E-state index in [1.807, 2.05) is 6.08 Å². The Morgan fingerprint density at radius 2 is 2.46 bits per heavy atom. The van der Waals surface area contributed by atoms with E-state index in [4.69, 9.17) is 15.6 Å². The fourth-order valence-corrected chi connectivity index (χ4v) is 1.20. The third-order valence-corrected chi connectivity index (χ3v) is 2.00. The largest absolute Gasteiger partial charge is 0.461 e. The van der Waals surface area contributed by atoms with Crippen LogP contribution in [-0.2, 0) is 9.53 Å². The number of rotatable bonds is 3. The van der Waals surface area contributed by atoms with Gasteiger partial charge in [-0.1, -0.05) is 12.2 Å². The van der Waals surface area contributed by atoms with Gasteiger partial charge >= 0.3 is 5.97 Å². The highest BCUT2D eigenvalue weighted by Crippen LogP contribution is 2.14. The minimum Gasteiger partial charge on any atom is -0.461 e. The van der Waals surface area contributed by atoms with Crippen LogP contribution in [0.3, 0.4) is 0 Å². The Labute approximate surface area is 77.4 Å². The van der Waals surface area contributed by atoms with Crippen LogP contribution in [0.5, 0.6) is 0 Å². The fraction of sp³-hybridized carbons (Fsp3) is 0.667. The summed E-state index contributed by atoms with van der Waals surface area (Å²) in [4.78, 5) is 11.1. The fourth-order valence-electron chi connectivity index (χ4n) is 1.20. The minimum atomic E-state index is -0.897. The van der Waals surface area contributed by atoms with Gasteiger partial charge in [-0.25, -0.2) is 0 Å². The van der Waals surface area contributed by atoms with E-state index in [1.54, 1.807) is 0 Å². The Hall–Kier alpha value is -0.870. The second-order valence-electron chi connectivity index (χ2n) is 3.13. The van der Waals surface area contributed by atoms with E-state index in [-0.39, 0.29) is 12.7 Å². The smallest absolute Gasteiger partial charge is 0.325 e. The summed E-state index contributed by atoms with van der Waals surface area (Å²) in [6.45, 7) is -0.360. The Bertz CT molecular complexity index is 203. The molecule has 0 aromatic heterocycles. The highest BCUT2D eigenvalue weighted by Gasteiger charge is 2.19. The maximum absolute atomic E-state index is 11.1. The minimum absolute atomic E-state index is 0.0601. The predicted molar refractivity (Wildman–Crippen MR) is 47.9 cm³/mol. The molecule has 0 amide bonds. The van der Waals surface area contributed by atoms with E-state index in [1.165, 1.54) is 0 Å². The number of aliphatic hydroxyl groups excluding tert-OH is 1. The average molecular weight is 185 g/mol. The summed E-state index contributed by atoms with van der Waals surface area (Å²) in [5.41, 5.74) is 5.29. The number of ether oxygens (including phenoxy) is 1. The molecule has 4 nitrogen and oxygen atoms in total. The van der Waals surface area contributed by atoms with E-state index in [0.717, 1.165) is 19.3 Å². The van der Waals surface area contributed by atoms with Crippen molar-refractivity contribution >= 4 is 5.97 Å². The van der Waals surface area contributed by atoms with Crippen molar-refractivity contribution in [2.45, 2.75) is 31.4 Å². The van der Waals surface area contributed by atoms with E-state index < -0.39 is 12.0 Å². The predicted octanol–water partition coefficient (Wildman–Crippen LogP) is -0.0421. The number of hydrogen-bond acceptors (Lipinski definition) is 4. The van der Waals surface area contributed by atoms with Crippen molar-refractivity contribution in [3.8, 4) is 0 Å². The molecule has 1 aliphatic rings. The van der Waals surface area contributed by atoms with Crippen LogP contribution in [0.4, 0.5) is 0 Å². The molecule has 0 aromatic carbocycles. The molecule has 1 unspecified atom stereocenters. The summed E-state index contributed by atoms with van der Waals surface area (Å²) in [5.74, 6) is -0.511. The first-order valence-electron chi connectivity index (χ1n) is 4.46. The van der Waals surface area contributed by atoms with E-state index in [9.17, 15) is 4.79 Å². The maximum atomic E-state index is 11.1. The van der Waals surface area contributed by atoms with Gasteiger partial charge in [-0.3, -0.25) is 4.79 Å². The molecule has 0 spiro atoms. The number of carbonyl (C=O) groups excluding carboxylic acids is 1. The molecule has 0 aromatic rings. The Balaban J connectivity index is 2.31. The van der Waals surface area contributed by atoms with Gasteiger partial charge in [-0.2, -0.15) is 0 Å². The van der Waals surface area contributed by atoms with Crippen molar-refractivity contribution < 1.29 is 14.6 Å². The summed E-state index contributed by atoms with van der Waals surface area (Å²) < 4.78 is 5.07. The van der Waals surface area contributed by atoms with Crippen LogP contribution in [0.2, 0.25) is 0 Å². The highest BCUT2D eigenvalue weighted by molar-refractivity contribution is 5.75. The van der Waals surface area contributed by atoms with Crippen molar-refractivity contribution in [1.29, 1.82) is 0 Å². The third-order valence-electron chi connectivity index (χ3n) is 2.00. The van der Waals surface area contributed by atoms with E-state index in [2.05, 4.69) is 6.08 Å². The number of carbonyl (C=O) groups is 1. The molecule has 2 atom stereocenters. The number of aliphatic hydroxyl groups is 1. The summed E-state index contributed by atoms with van der Waals surface area (Å²) in [6.07, 6.45) is 6.54. The Kier molecular flexibility index (Phi) is 3.92. The maximum Gasteiger partial charge on any atom is 0.325 e. The quantitative estimate of drug-likeness (QED) is 0.478. The Morgan fingerprint density at radius 3 is 3.00 bits per heavy atom. The van der Waals surface area contributed by atoms with Crippen molar-refractivity contribution in [1.82, 2.24) is 0 Å². The number of allylic oxidation sites excluding steroid dienone is 1. The monoisotopic (exact) mass is 185 g/mol. The van der Waals surface area contributed by atoms with Gasteiger partial charge in [-0.15, -0.1) is 0 Å². The second kappa shape index (κ2) is 4.99. The molecule has 0 saturated heterocycles. The van der Waals surface area contributed by atoms with Crippen LogP contribution >= 0.6 is 0 Å². The molecular formula is C9H15NO3. The lowest BCUT2D eigenvalue weighted by molar-refractivity contribution is -0.151. The lowest BCUT2D eigenvalue weighted by atomic mass is 10.0. The second-order valence-corrected chi connectivity index (χ2v) is 3.13. The molecule has 4 heteroatoms. The normalized spacial score (nSPS) is 24.0. The molecule has 0 heterocycles. The van der Waals surface area contributed by atoms with Crippen LogP contribution in [0.25, 0.3) is 0 Å². The van der Waals surface area contributed by atoms with Gasteiger partial charge in [-0.05, 0) is 12.8 Å². The van der Waals surface area contributed by atoms with Crippen molar-refractivity contribution in [3.05, 3.63) is 12.2 Å². The van der Waals surface area contributed by atoms with Crippen molar-refractivity contribution in [2.75, 3.05) is 6.61 Å². The first-order valence-corrected chi connectivity index (χ1v) is 4.46. The molecular weight excluding hydrogens is 170 g/mol. The third kappa shape index (κ3) is 3.16. The zero-order valence-corrected chi connectivity index (χ0v) is 7.48. The van der Waals surface area contributed by atoms with Gasteiger partial charge in [0.25, 0.3) is 0 Å². The molecule has 0 bridgehead atoms. The summed E-state index contributed by atoms with van der Waals surface area (Å²) in [5, 5.41) is 8.59. The van der Waals surface area contributed by atoms with Gasteiger partial charge in [0.2, 0.25) is 0 Å². The molecule has 1 rings (SSSR count). The van der Waals surface area contributed by atoms with Crippen LogP contribution in [0.1, 0.15) is 19.3 Å². The van der Waals surface area contributed by atoms with Crippen molar-refractivity contribution in [3.63, 3.8) is 0 Å². The van der Waals surface area contributed by atoms with Crippen molar-refractivity contribution in [2.24, 2.45) is 5.73 Å².